The summed E-state index contributed by atoms with van der Waals surface area (Å²) in [5.74, 6) is 1.54. The molecule has 0 saturated carbocycles. The van der Waals surface area contributed by atoms with Crippen molar-refractivity contribution in [2.24, 2.45) is 0 Å². The van der Waals surface area contributed by atoms with Crippen LogP contribution in [-0.2, 0) is 13.0 Å². The van der Waals surface area contributed by atoms with E-state index in [0.717, 1.165) is 40.4 Å². The lowest BCUT2D eigenvalue weighted by Gasteiger charge is -2.29. The molecule has 3 aromatic rings. The van der Waals surface area contributed by atoms with Gasteiger partial charge in [-0.1, -0.05) is 35.9 Å². The molecule has 0 amide bonds. The second-order valence-corrected chi connectivity index (χ2v) is 7.72. The molecule has 0 fully saturated rings. The van der Waals surface area contributed by atoms with E-state index in [2.05, 4.69) is 9.88 Å². The van der Waals surface area contributed by atoms with Gasteiger partial charge in [0.2, 0.25) is 5.78 Å². The van der Waals surface area contributed by atoms with Crippen LogP contribution in [-0.4, -0.2) is 28.9 Å². The topological polar surface area (TPSA) is 51.7 Å². The minimum Gasteiger partial charge on any atom is -0.478 e. The summed E-state index contributed by atoms with van der Waals surface area (Å²) in [6.07, 6.45) is 5.93. The lowest BCUT2D eigenvalue weighted by Crippen LogP contribution is -2.33. The van der Waals surface area contributed by atoms with E-state index in [1.165, 1.54) is 0 Å². The van der Waals surface area contributed by atoms with Crippen molar-refractivity contribution in [1.82, 2.24) is 9.88 Å². The van der Waals surface area contributed by atoms with E-state index >= 15 is 0 Å². The van der Waals surface area contributed by atoms with E-state index in [1.807, 2.05) is 42.5 Å². The summed E-state index contributed by atoms with van der Waals surface area (Å²) < 4.78 is 11.9. The van der Waals surface area contributed by atoms with Crippen molar-refractivity contribution in [3.63, 3.8) is 0 Å². The van der Waals surface area contributed by atoms with E-state index in [9.17, 15) is 4.79 Å². The number of Topliss-reactive ketones (excluding diaryl/α,β-unsaturated/α-hetero) is 1. The van der Waals surface area contributed by atoms with Gasteiger partial charge in [-0.25, -0.2) is 0 Å². The zero-order valence-corrected chi connectivity index (χ0v) is 16.9. The highest BCUT2D eigenvalue weighted by Crippen LogP contribution is 2.42. The van der Waals surface area contributed by atoms with Gasteiger partial charge in [0.05, 0.1) is 11.1 Å². The molecule has 2 aliphatic rings. The lowest BCUT2D eigenvalue weighted by molar-refractivity contribution is 0.0950. The number of carbonyl (C=O) groups excluding carboxylic acids is 1. The van der Waals surface area contributed by atoms with Crippen LogP contribution >= 0.6 is 11.6 Å². The molecule has 1 aromatic heterocycles. The minimum absolute atomic E-state index is 0.121. The number of ketones is 1. The Hall–Kier alpha value is -3.15. The first-order valence-corrected chi connectivity index (χ1v) is 10.2. The fourth-order valence-corrected chi connectivity index (χ4v) is 3.97. The molecule has 0 bridgehead atoms. The Kier molecular flexibility index (Phi) is 4.99. The summed E-state index contributed by atoms with van der Waals surface area (Å²) in [5, 5.41) is 0.774. The summed E-state index contributed by atoms with van der Waals surface area (Å²) in [5.41, 5.74) is 3.40. The molecular weight excluding hydrogens is 400 g/mol. The van der Waals surface area contributed by atoms with Crippen molar-refractivity contribution in [1.29, 1.82) is 0 Å². The van der Waals surface area contributed by atoms with E-state index in [1.54, 1.807) is 24.5 Å². The highest BCUT2D eigenvalue weighted by Gasteiger charge is 2.33. The molecule has 0 unspecified atom stereocenters. The number of nitrogens with zero attached hydrogens (tertiary/aromatic N) is 2. The monoisotopic (exact) mass is 418 g/mol. The summed E-state index contributed by atoms with van der Waals surface area (Å²) in [7, 11) is 0. The van der Waals surface area contributed by atoms with Crippen molar-refractivity contribution in [3.05, 3.63) is 94.0 Å². The Morgan fingerprint density at radius 2 is 2.03 bits per heavy atom. The maximum atomic E-state index is 12.8. The van der Waals surface area contributed by atoms with E-state index in [-0.39, 0.29) is 5.78 Å². The van der Waals surface area contributed by atoms with Gasteiger partial charge in [-0.2, -0.15) is 0 Å². The normalized spacial score (nSPS) is 16.7. The molecule has 0 spiro atoms. The number of ether oxygens (including phenoxy) is 2. The fraction of sp³-hybridized carbons (Fsp3) is 0.167. The highest BCUT2D eigenvalue weighted by atomic mass is 35.5. The first-order chi connectivity index (χ1) is 14.7. The van der Waals surface area contributed by atoms with Crippen LogP contribution in [0.4, 0.5) is 0 Å². The van der Waals surface area contributed by atoms with Gasteiger partial charge in [0.1, 0.15) is 18.2 Å². The van der Waals surface area contributed by atoms with E-state index < -0.39 is 0 Å². The SMILES string of the molecule is O=C1/C(=C/c2cccnc2)Oc2c1ccc1c2CN(CCc2ccccc2Cl)CO1. The van der Waals surface area contributed by atoms with Gasteiger partial charge >= 0.3 is 0 Å². The molecule has 2 aromatic carbocycles. The number of allylic oxidation sites excluding steroid dienone is 1. The third kappa shape index (κ3) is 3.58. The van der Waals surface area contributed by atoms with Crippen molar-refractivity contribution >= 4 is 23.5 Å². The second kappa shape index (κ2) is 7.94. The Morgan fingerprint density at radius 3 is 2.87 bits per heavy atom. The Labute approximate surface area is 179 Å². The third-order valence-electron chi connectivity index (χ3n) is 5.32. The van der Waals surface area contributed by atoms with Crippen LogP contribution in [0.15, 0.2) is 66.7 Å². The number of hydrogen-bond donors (Lipinski definition) is 0. The first kappa shape index (κ1) is 18.9. The molecule has 0 saturated heterocycles. The quantitative estimate of drug-likeness (QED) is 0.572. The standard InChI is InChI=1S/C24H19ClN2O3/c25-20-6-2-1-5-17(20)9-11-27-14-19-21(29-15-27)8-7-18-23(28)22(30-24(18)19)12-16-4-3-10-26-13-16/h1-8,10,12-13H,9,11,14-15H2/b22-12-. The number of aromatic nitrogens is 1. The lowest BCUT2D eigenvalue weighted by atomic mass is 10.0. The number of pyridine rings is 1. The van der Waals surface area contributed by atoms with Crippen molar-refractivity contribution in [3.8, 4) is 11.5 Å². The Morgan fingerprint density at radius 1 is 1.13 bits per heavy atom. The summed E-state index contributed by atoms with van der Waals surface area (Å²) in [6, 6.07) is 15.2. The third-order valence-corrected chi connectivity index (χ3v) is 5.69. The van der Waals surface area contributed by atoms with Crippen LogP contribution in [0.25, 0.3) is 6.08 Å². The van der Waals surface area contributed by atoms with Crippen LogP contribution in [0.5, 0.6) is 11.5 Å². The average molecular weight is 419 g/mol. The smallest absolute Gasteiger partial charge is 0.231 e. The van der Waals surface area contributed by atoms with Crippen molar-refractivity contribution < 1.29 is 14.3 Å². The van der Waals surface area contributed by atoms with Crippen molar-refractivity contribution in [2.45, 2.75) is 13.0 Å². The summed E-state index contributed by atoms with van der Waals surface area (Å²) >= 11 is 6.28. The molecule has 3 heterocycles. The Bertz CT molecular complexity index is 1140. The molecular formula is C24H19ClN2O3. The van der Waals surface area contributed by atoms with E-state index in [4.69, 9.17) is 21.1 Å². The maximum Gasteiger partial charge on any atom is 0.231 e. The van der Waals surface area contributed by atoms with Gasteiger partial charge < -0.3 is 9.47 Å². The number of hydrogen-bond acceptors (Lipinski definition) is 5. The van der Waals surface area contributed by atoms with E-state index in [0.29, 0.717) is 30.3 Å². The molecule has 0 aliphatic carbocycles. The van der Waals surface area contributed by atoms with Crippen LogP contribution < -0.4 is 9.47 Å². The summed E-state index contributed by atoms with van der Waals surface area (Å²) in [4.78, 5) is 19.1. The molecule has 6 heteroatoms. The van der Waals surface area contributed by atoms with Crippen LogP contribution in [0.2, 0.25) is 5.02 Å². The molecule has 0 N–H and O–H groups in total. The van der Waals surface area contributed by atoms with Crippen LogP contribution in [0.1, 0.15) is 27.0 Å². The van der Waals surface area contributed by atoms with Gasteiger partial charge in [0.25, 0.3) is 0 Å². The predicted molar refractivity (Wildman–Crippen MR) is 115 cm³/mol. The first-order valence-electron chi connectivity index (χ1n) is 9.78. The van der Waals surface area contributed by atoms with Crippen LogP contribution in [0, 0.1) is 0 Å². The van der Waals surface area contributed by atoms with Gasteiger partial charge in [0, 0.05) is 30.5 Å². The van der Waals surface area contributed by atoms with Gasteiger partial charge in [-0.15, -0.1) is 0 Å². The van der Waals surface area contributed by atoms with Gasteiger partial charge in [0.15, 0.2) is 5.76 Å². The zero-order chi connectivity index (χ0) is 20.5. The maximum absolute atomic E-state index is 12.8. The van der Waals surface area contributed by atoms with Crippen molar-refractivity contribution in [2.75, 3.05) is 13.3 Å². The van der Waals surface area contributed by atoms with Crippen LogP contribution in [0.3, 0.4) is 0 Å². The average Bonchev–Trinajstić information content (AvgIpc) is 3.09. The second-order valence-electron chi connectivity index (χ2n) is 7.31. The highest BCUT2D eigenvalue weighted by molar-refractivity contribution is 6.31. The summed E-state index contributed by atoms with van der Waals surface area (Å²) in [6.45, 7) is 1.93. The molecule has 150 valence electrons. The van der Waals surface area contributed by atoms with Gasteiger partial charge in [-0.3, -0.25) is 14.7 Å². The molecule has 2 aliphatic heterocycles. The molecule has 0 atom stereocenters. The number of halogens is 1. The number of benzene rings is 2. The predicted octanol–water partition coefficient (Wildman–Crippen LogP) is 4.75. The molecule has 5 rings (SSSR count). The Balaban J connectivity index is 1.37. The zero-order valence-electron chi connectivity index (χ0n) is 16.2. The van der Waals surface area contributed by atoms with Gasteiger partial charge in [-0.05, 0) is 47.9 Å². The number of carbonyl (C=O) groups is 1. The molecule has 30 heavy (non-hydrogen) atoms. The largest absolute Gasteiger partial charge is 0.478 e. The fourth-order valence-electron chi connectivity index (χ4n) is 3.74. The number of rotatable bonds is 4. The molecule has 0 radical (unpaired) electrons. The molecule has 5 nitrogen and oxygen atoms in total. The minimum atomic E-state index is -0.121. The number of fused-ring (bicyclic) bond motifs is 3.